The molecular weight excluding hydrogens is 309 g/mol. The first-order valence-corrected chi connectivity index (χ1v) is 8.16. The Morgan fingerprint density at radius 2 is 1.90 bits per heavy atom. The highest BCUT2D eigenvalue weighted by Crippen LogP contribution is 2.40. The first-order chi connectivity index (χ1) is 9.98. The van der Waals surface area contributed by atoms with Crippen LogP contribution in [0.15, 0.2) is 12.1 Å². The van der Waals surface area contributed by atoms with Crippen LogP contribution in [0.2, 0.25) is 10.0 Å². The quantitative estimate of drug-likeness (QED) is 0.813. The van der Waals surface area contributed by atoms with E-state index < -0.39 is 0 Å². The van der Waals surface area contributed by atoms with Crippen LogP contribution < -0.4 is 10.1 Å². The molecule has 2 rings (SSSR count). The number of benzene rings is 1. The lowest BCUT2D eigenvalue weighted by atomic mass is 9.75. The zero-order chi connectivity index (χ0) is 15.5. The normalized spacial score (nSPS) is 17.3. The molecule has 1 aliphatic carbocycles. The molecule has 0 saturated heterocycles. The minimum atomic E-state index is -0.313. The molecule has 0 unspecified atom stereocenters. The largest absolute Gasteiger partial charge is 0.492 e. The van der Waals surface area contributed by atoms with Crippen LogP contribution in [0, 0.1) is 5.41 Å². The molecule has 1 fully saturated rings. The molecule has 5 heteroatoms. The van der Waals surface area contributed by atoms with Crippen molar-refractivity contribution in [2.45, 2.75) is 46.0 Å². The first kappa shape index (κ1) is 16.4. The smallest absolute Gasteiger partial charge is 0.230 e. The summed E-state index contributed by atoms with van der Waals surface area (Å²) in [7, 11) is 0. The molecule has 0 aromatic heterocycles. The van der Waals surface area contributed by atoms with Gasteiger partial charge in [-0.1, -0.05) is 49.4 Å². The number of ether oxygens (including phenoxy) is 1. The molecule has 21 heavy (non-hydrogen) atoms. The monoisotopic (exact) mass is 329 g/mol. The molecule has 0 atom stereocenters. The van der Waals surface area contributed by atoms with E-state index in [1.165, 1.54) is 6.42 Å². The van der Waals surface area contributed by atoms with Crippen LogP contribution in [0.4, 0.5) is 5.69 Å². The van der Waals surface area contributed by atoms with Gasteiger partial charge in [0.05, 0.1) is 17.3 Å². The highest BCUT2D eigenvalue weighted by molar-refractivity contribution is 6.44. The van der Waals surface area contributed by atoms with Gasteiger partial charge in [-0.3, -0.25) is 4.79 Å². The fourth-order valence-corrected chi connectivity index (χ4v) is 3.15. The minimum absolute atomic E-state index is 0.0179. The van der Waals surface area contributed by atoms with Gasteiger partial charge in [0.1, 0.15) is 10.8 Å². The number of hydrogen-bond acceptors (Lipinski definition) is 2. The average Bonchev–Trinajstić information content (AvgIpc) is 2.47. The highest BCUT2D eigenvalue weighted by atomic mass is 35.5. The zero-order valence-electron chi connectivity index (χ0n) is 12.5. The van der Waals surface area contributed by atoms with Crippen molar-refractivity contribution >= 4 is 34.8 Å². The lowest BCUT2D eigenvalue weighted by Crippen LogP contribution is -2.35. The summed E-state index contributed by atoms with van der Waals surface area (Å²) in [5.74, 6) is 0.551. The van der Waals surface area contributed by atoms with Gasteiger partial charge in [0.2, 0.25) is 5.91 Å². The molecule has 0 heterocycles. The third kappa shape index (κ3) is 3.64. The first-order valence-electron chi connectivity index (χ1n) is 7.40. The van der Waals surface area contributed by atoms with Gasteiger partial charge in [0.25, 0.3) is 0 Å². The standard InChI is InChI=1S/C16H21Cl2NO2/c1-3-21-12-8-7-11(13(17)14(12)18)19-15(20)16(2)9-5-4-6-10-16/h7-8H,3-6,9-10H2,1-2H3,(H,19,20). The Labute approximate surface area is 136 Å². The lowest BCUT2D eigenvalue weighted by Gasteiger charge is -2.32. The molecule has 0 aliphatic heterocycles. The summed E-state index contributed by atoms with van der Waals surface area (Å²) >= 11 is 12.4. The third-order valence-electron chi connectivity index (χ3n) is 4.10. The van der Waals surface area contributed by atoms with E-state index >= 15 is 0 Å². The van der Waals surface area contributed by atoms with E-state index in [0.717, 1.165) is 25.7 Å². The Hall–Kier alpha value is -0.930. The summed E-state index contributed by atoms with van der Waals surface area (Å²) in [4.78, 5) is 12.5. The fraction of sp³-hybridized carbons (Fsp3) is 0.562. The van der Waals surface area contributed by atoms with Gasteiger partial charge >= 0.3 is 0 Å². The second-order valence-electron chi connectivity index (χ2n) is 5.75. The Kier molecular flexibility index (Phi) is 5.39. The number of anilines is 1. The maximum Gasteiger partial charge on any atom is 0.230 e. The van der Waals surface area contributed by atoms with Crippen molar-refractivity contribution in [3.63, 3.8) is 0 Å². The van der Waals surface area contributed by atoms with Gasteiger partial charge in [-0.25, -0.2) is 0 Å². The molecule has 1 N–H and O–H groups in total. The molecule has 0 spiro atoms. The average molecular weight is 330 g/mol. The van der Waals surface area contributed by atoms with Gasteiger partial charge in [0, 0.05) is 5.41 Å². The Balaban J connectivity index is 2.16. The second kappa shape index (κ2) is 6.89. The predicted molar refractivity (Wildman–Crippen MR) is 87.5 cm³/mol. The predicted octanol–water partition coefficient (Wildman–Crippen LogP) is 5.30. The van der Waals surface area contributed by atoms with Gasteiger partial charge in [-0.05, 0) is 31.9 Å². The molecule has 1 aliphatic rings. The van der Waals surface area contributed by atoms with Crippen molar-refractivity contribution in [1.82, 2.24) is 0 Å². The summed E-state index contributed by atoms with van der Waals surface area (Å²) in [5, 5.41) is 3.59. The van der Waals surface area contributed by atoms with Gasteiger partial charge < -0.3 is 10.1 Å². The molecule has 1 saturated carbocycles. The fourth-order valence-electron chi connectivity index (χ4n) is 2.73. The number of nitrogens with one attached hydrogen (secondary N) is 1. The molecule has 3 nitrogen and oxygen atoms in total. The number of carbonyl (C=O) groups is 1. The Bertz CT molecular complexity index is 525. The summed E-state index contributed by atoms with van der Waals surface area (Å²) in [5.41, 5.74) is 0.231. The molecular formula is C16H21Cl2NO2. The van der Waals surface area contributed by atoms with Crippen molar-refractivity contribution in [1.29, 1.82) is 0 Å². The van der Waals surface area contributed by atoms with Crippen LogP contribution in [-0.4, -0.2) is 12.5 Å². The number of halogens is 2. The van der Waals surface area contributed by atoms with Crippen molar-refractivity contribution in [2.24, 2.45) is 5.41 Å². The number of carbonyl (C=O) groups excluding carboxylic acids is 1. The zero-order valence-corrected chi connectivity index (χ0v) is 14.0. The maximum atomic E-state index is 12.5. The van der Waals surface area contributed by atoms with Gasteiger partial charge in [-0.15, -0.1) is 0 Å². The molecule has 1 amide bonds. The second-order valence-corrected chi connectivity index (χ2v) is 6.50. The maximum absolute atomic E-state index is 12.5. The minimum Gasteiger partial charge on any atom is -0.492 e. The molecule has 0 bridgehead atoms. The van der Waals surface area contributed by atoms with E-state index in [4.69, 9.17) is 27.9 Å². The number of rotatable bonds is 4. The topological polar surface area (TPSA) is 38.3 Å². The Morgan fingerprint density at radius 3 is 2.52 bits per heavy atom. The lowest BCUT2D eigenvalue weighted by molar-refractivity contribution is -0.126. The van der Waals surface area contributed by atoms with Crippen LogP contribution in [0.3, 0.4) is 0 Å². The molecule has 1 aromatic rings. The van der Waals surface area contributed by atoms with Gasteiger partial charge in [0.15, 0.2) is 0 Å². The van der Waals surface area contributed by atoms with Crippen LogP contribution in [0.25, 0.3) is 0 Å². The summed E-state index contributed by atoms with van der Waals surface area (Å²) in [6, 6.07) is 3.47. The van der Waals surface area contributed by atoms with Crippen molar-refractivity contribution in [3.05, 3.63) is 22.2 Å². The van der Waals surface area contributed by atoms with E-state index in [0.29, 0.717) is 28.1 Å². The summed E-state index contributed by atoms with van der Waals surface area (Å²) < 4.78 is 5.38. The summed E-state index contributed by atoms with van der Waals surface area (Å²) in [6.07, 6.45) is 5.24. The SMILES string of the molecule is CCOc1ccc(NC(=O)C2(C)CCCCC2)c(Cl)c1Cl. The van der Waals surface area contributed by atoms with E-state index in [1.54, 1.807) is 12.1 Å². The van der Waals surface area contributed by atoms with Crippen LogP contribution >= 0.6 is 23.2 Å². The Morgan fingerprint density at radius 1 is 1.24 bits per heavy atom. The summed E-state index contributed by atoms with van der Waals surface area (Å²) in [6.45, 7) is 4.41. The van der Waals surface area contributed by atoms with E-state index in [1.807, 2.05) is 13.8 Å². The molecule has 1 aromatic carbocycles. The highest BCUT2D eigenvalue weighted by Gasteiger charge is 2.34. The molecule has 0 radical (unpaired) electrons. The van der Waals surface area contributed by atoms with Crippen molar-refractivity contribution in [2.75, 3.05) is 11.9 Å². The van der Waals surface area contributed by atoms with Crippen LogP contribution in [0.1, 0.15) is 46.0 Å². The van der Waals surface area contributed by atoms with Crippen LogP contribution in [-0.2, 0) is 4.79 Å². The van der Waals surface area contributed by atoms with E-state index in [9.17, 15) is 4.79 Å². The van der Waals surface area contributed by atoms with Crippen LogP contribution in [0.5, 0.6) is 5.75 Å². The number of hydrogen-bond donors (Lipinski definition) is 1. The van der Waals surface area contributed by atoms with Crippen molar-refractivity contribution < 1.29 is 9.53 Å². The molecule has 116 valence electrons. The van der Waals surface area contributed by atoms with Crippen molar-refractivity contribution in [3.8, 4) is 5.75 Å². The number of amides is 1. The van der Waals surface area contributed by atoms with E-state index in [-0.39, 0.29) is 11.3 Å². The van der Waals surface area contributed by atoms with E-state index in [2.05, 4.69) is 5.32 Å². The van der Waals surface area contributed by atoms with Gasteiger partial charge in [-0.2, -0.15) is 0 Å². The third-order valence-corrected chi connectivity index (χ3v) is 4.96.